The van der Waals surface area contributed by atoms with Crippen molar-refractivity contribution in [3.8, 4) is 11.5 Å². The second kappa shape index (κ2) is 5.25. The molecule has 2 unspecified atom stereocenters. The average molecular weight is 279 g/mol. The maximum atomic E-state index is 5.43. The molecule has 0 radical (unpaired) electrons. The molecule has 3 rings (SSSR count). The Hall–Kier alpha value is -0.870. The number of hydrogen-bond donors (Lipinski definition) is 1. The van der Waals surface area contributed by atoms with Gasteiger partial charge in [-0.3, -0.25) is 0 Å². The lowest BCUT2D eigenvalue weighted by molar-refractivity contribution is 0.174. The summed E-state index contributed by atoms with van der Waals surface area (Å²) in [6.07, 6.45) is 2.21. The van der Waals surface area contributed by atoms with Crippen molar-refractivity contribution in [2.75, 3.05) is 19.1 Å². The van der Waals surface area contributed by atoms with E-state index in [1.54, 1.807) is 0 Å². The molecule has 0 amide bonds. The van der Waals surface area contributed by atoms with Crippen molar-refractivity contribution in [1.29, 1.82) is 0 Å². The van der Waals surface area contributed by atoms with E-state index >= 15 is 0 Å². The highest BCUT2D eigenvalue weighted by Gasteiger charge is 2.29. The van der Waals surface area contributed by atoms with Crippen LogP contribution in [0.1, 0.15) is 25.8 Å². The molecular formula is C15H21NO2S. The molecule has 2 aliphatic rings. The molecule has 1 aromatic rings. The van der Waals surface area contributed by atoms with Crippen LogP contribution in [-0.2, 0) is 6.42 Å². The Labute approximate surface area is 119 Å². The van der Waals surface area contributed by atoms with E-state index in [0.717, 1.165) is 36.8 Å². The van der Waals surface area contributed by atoms with Crippen molar-refractivity contribution < 1.29 is 9.47 Å². The zero-order valence-electron chi connectivity index (χ0n) is 11.6. The van der Waals surface area contributed by atoms with Crippen molar-refractivity contribution in [1.82, 2.24) is 5.32 Å². The topological polar surface area (TPSA) is 30.5 Å². The number of aryl methyl sites for hydroxylation is 1. The molecule has 104 valence electrons. The molecule has 3 nitrogen and oxygen atoms in total. The van der Waals surface area contributed by atoms with Crippen molar-refractivity contribution in [2.45, 2.75) is 31.6 Å². The van der Waals surface area contributed by atoms with Gasteiger partial charge in [0.1, 0.15) is 0 Å². The predicted octanol–water partition coefficient (Wildman–Crippen LogP) is 3.04. The van der Waals surface area contributed by atoms with Gasteiger partial charge in [0, 0.05) is 0 Å². The van der Waals surface area contributed by atoms with Crippen LogP contribution in [0.2, 0.25) is 0 Å². The highest BCUT2D eigenvalue weighted by Crippen LogP contribution is 2.35. The van der Waals surface area contributed by atoms with Crippen LogP contribution in [0.15, 0.2) is 18.2 Å². The number of fused-ring (bicyclic) bond motifs is 1. The van der Waals surface area contributed by atoms with E-state index in [0.29, 0.717) is 6.79 Å². The van der Waals surface area contributed by atoms with Gasteiger partial charge in [0.15, 0.2) is 11.5 Å². The third kappa shape index (κ3) is 3.00. The molecular weight excluding hydrogens is 258 g/mol. The third-order valence-electron chi connectivity index (χ3n) is 3.84. The van der Waals surface area contributed by atoms with Crippen molar-refractivity contribution in [2.24, 2.45) is 5.92 Å². The molecule has 0 aromatic heterocycles. The van der Waals surface area contributed by atoms with Crippen molar-refractivity contribution in [3.63, 3.8) is 0 Å². The van der Waals surface area contributed by atoms with Crippen LogP contribution in [-0.4, -0.2) is 24.0 Å². The summed E-state index contributed by atoms with van der Waals surface area (Å²) in [6, 6.07) is 6.28. The first-order chi connectivity index (χ1) is 9.15. The Balaban J connectivity index is 1.60. The first-order valence-electron chi connectivity index (χ1n) is 6.92. The van der Waals surface area contributed by atoms with Crippen molar-refractivity contribution >= 4 is 11.8 Å². The molecule has 1 fully saturated rings. The third-order valence-corrected chi connectivity index (χ3v) is 5.56. The van der Waals surface area contributed by atoms with Gasteiger partial charge in [0.25, 0.3) is 0 Å². The molecule has 1 N–H and O–H groups in total. The van der Waals surface area contributed by atoms with Gasteiger partial charge in [-0.05, 0) is 55.7 Å². The van der Waals surface area contributed by atoms with Gasteiger partial charge in [0.2, 0.25) is 6.79 Å². The number of thioether (sulfide) groups is 1. The van der Waals surface area contributed by atoms with Crippen molar-refractivity contribution in [3.05, 3.63) is 23.8 Å². The second-order valence-corrected chi connectivity index (χ2v) is 7.24. The minimum absolute atomic E-state index is 0.211. The minimum atomic E-state index is 0.211. The number of ether oxygens (including phenoxy) is 2. The standard InChI is InChI=1S/C15H21NO2S/c1-11-8-16-15(2,19-9-11)6-5-12-3-4-13-14(7-12)18-10-17-13/h3-4,7,11,16H,5-6,8-10H2,1-2H3. The van der Waals surface area contributed by atoms with E-state index in [1.165, 1.54) is 11.3 Å². The van der Waals surface area contributed by atoms with Crippen LogP contribution >= 0.6 is 11.8 Å². The summed E-state index contributed by atoms with van der Waals surface area (Å²) in [5, 5.41) is 3.67. The lowest BCUT2D eigenvalue weighted by Crippen LogP contribution is -2.46. The van der Waals surface area contributed by atoms with Gasteiger partial charge in [-0.1, -0.05) is 13.0 Å². The smallest absolute Gasteiger partial charge is 0.231 e. The predicted molar refractivity (Wildman–Crippen MR) is 78.9 cm³/mol. The fourth-order valence-corrected chi connectivity index (χ4v) is 3.67. The molecule has 0 saturated carbocycles. The molecule has 2 heterocycles. The highest BCUT2D eigenvalue weighted by molar-refractivity contribution is 8.00. The van der Waals surface area contributed by atoms with Crippen LogP contribution in [0.4, 0.5) is 0 Å². The number of hydrogen-bond acceptors (Lipinski definition) is 4. The van der Waals surface area contributed by atoms with Crippen LogP contribution in [0.5, 0.6) is 11.5 Å². The van der Waals surface area contributed by atoms with E-state index in [1.807, 2.05) is 6.07 Å². The van der Waals surface area contributed by atoms with Gasteiger partial charge in [-0.15, -0.1) is 11.8 Å². The number of benzene rings is 1. The van der Waals surface area contributed by atoms with Gasteiger partial charge >= 0.3 is 0 Å². The van der Waals surface area contributed by atoms with Gasteiger partial charge < -0.3 is 14.8 Å². The van der Waals surface area contributed by atoms with E-state index < -0.39 is 0 Å². The lowest BCUT2D eigenvalue weighted by Gasteiger charge is -2.37. The Bertz CT molecular complexity index is 455. The first-order valence-corrected chi connectivity index (χ1v) is 7.91. The van der Waals surface area contributed by atoms with E-state index in [-0.39, 0.29) is 4.87 Å². The van der Waals surface area contributed by atoms with Crippen LogP contribution < -0.4 is 14.8 Å². The normalized spacial score (nSPS) is 29.5. The summed E-state index contributed by atoms with van der Waals surface area (Å²) < 4.78 is 10.8. The molecule has 0 aliphatic carbocycles. The summed E-state index contributed by atoms with van der Waals surface area (Å²) in [5.74, 6) is 3.79. The second-order valence-electron chi connectivity index (χ2n) is 5.72. The Morgan fingerprint density at radius 3 is 3.00 bits per heavy atom. The van der Waals surface area contributed by atoms with Gasteiger partial charge in [0.05, 0.1) is 4.87 Å². The zero-order chi connectivity index (χ0) is 13.3. The maximum absolute atomic E-state index is 5.43. The molecule has 0 bridgehead atoms. The summed E-state index contributed by atoms with van der Waals surface area (Å²) in [5.41, 5.74) is 1.33. The molecule has 19 heavy (non-hydrogen) atoms. The Kier molecular flexibility index (Phi) is 3.63. The van der Waals surface area contributed by atoms with Crippen LogP contribution in [0.25, 0.3) is 0 Å². The largest absolute Gasteiger partial charge is 0.454 e. The van der Waals surface area contributed by atoms with Gasteiger partial charge in [-0.2, -0.15) is 0 Å². The Morgan fingerprint density at radius 1 is 1.37 bits per heavy atom. The fourth-order valence-electron chi connectivity index (χ4n) is 2.47. The lowest BCUT2D eigenvalue weighted by atomic mass is 10.0. The van der Waals surface area contributed by atoms with E-state index in [9.17, 15) is 0 Å². The van der Waals surface area contributed by atoms with Crippen LogP contribution in [0, 0.1) is 5.92 Å². The SMILES string of the molecule is CC1CNC(C)(CCc2ccc3c(c2)OCO3)SC1. The molecule has 1 aromatic carbocycles. The quantitative estimate of drug-likeness (QED) is 0.921. The number of nitrogens with one attached hydrogen (secondary N) is 1. The van der Waals surface area contributed by atoms with Gasteiger partial charge in [-0.25, -0.2) is 0 Å². The maximum Gasteiger partial charge on any atom is 0.231 e. The number of rotatable bonds is 3. The molecule has 1 saturated heterocycles. The zero-order valence-corrected chi connectivity index (χ0v) is 12.4. The summed E-state index contributed by atoms with van der Waals surface area (Å²) in [4.78, 5) is 0.211. The minimum Gasteiger partial charge on any atom is -0.454 e. The highest BCUT2D eigenvalue weighted by atomic mass is 32.2. The summed E-state index contributed by atoms with van der Waals surface area (Å²) >= 11 is 2.05. The average Bonchev–Trinajstić information content (AvgIpc) is 2.88. The summed E-state index contributed by atoms with van der Waals surface area (Å²) in [7, 11) is 0. The molecule has 0 spiro atoms. The van der Waals surface area contributed by atoms with E-state index in [2.05, 4.69) is 43.1 Å². The molecule has 2 atom stereocenters. The van der Waals surface area contributed by atoms with E-state index in [4.69, 9.17) is 9.47 Å². The summed E-state index contributed by atoms with van der Waals surface area (Å²) in [6.45, 7) is 6.10. The monoisotopic (exact) mass is 279 g/mol. The fraction of sp³-hybridized carbons (Fsp3) is 0.600. The molecule has 2 aliphatic heterocycles. The first kappa shape index (κ1) is 13.1. The molecule has 4 heteroatoms. The van der Waals surface area contributed by atoms with Crippen LogP contribution in [0.3, 0.4) is 0 Å². The Morgan fingerprint density at radius 2 is 2.21 bits per heavy atom.